The average Bonchev–Trinajstić information content (AvgIpc) is 2.92. The molecule has 0 saturated carbocycles. The molecule has 0 fully saturated rings. The van der Waals surface area contributed by atoms with Gasteiger partial charge in [0.25, 0.3) is 5.91 Å². The van der Waals surface area contributed by atoms with Crippen LogP contribution in [0.2, 0.25) is 0 Å². The molecule has 2 rings (SSSR count). The van der Waals surface area contributed by atoms with E-state index in [1.54, 1.807) is 11.0 Å². The van der Waals surface area contributed by atoms with Crippen LogP contribution in [-0.2, 0) is 31.4 Å². The molecule has 1 atom stereocenters. The van der Waals surface area contributed by atoms with Crippen LogP contribution in [0, 0.1) is 25.0 Å². The van der Waals surface area contributed by atoms with E-state index in [1.807, 2.05) is 39.8 Å². The summed E-state index contributed by atoms with van der Waals surface area (Å²) in [4.78, 5) is 53.3. The molecule has 1 aliphatic rings. The van der Waals surface area contributed by atoms with Gasteiger partial charge in [0.05, 0.1) is 5.76 Å². The second-order valence-electron chi connectivity index (χ2n) is 9.76. The minimum Gasteiger partial charge on any atom is -0.536 e. The van der Waals surface area contributed by atoms with Gasteiger partial charge < -0.3 is 41.3 Å². The number of rotatable bonds is 10. The van der Waals surface area contributed by atoms with Crippen LogP contribution in [0.15, 0.2) is 70.4 Å². The van der Waals surface area contributed by atoms with Crippen LogP contribution in [0.3, 0.4) is 0 Å². The number of amides is 2. The standard InChI is InChI=1S/C30H41N5O5.Fe.H2O/c1-6-7-11-23-19-24(20(2)3)30(39)35(17-15-32-28(38)26-13-9-14-27(37)34-26)18-16-33-29(40-22(23)5)25(31)12-8-10-21(4)36;;/h7-14,20,24,33H,4,6,15-19,31H2,1-3,5H3,(H,32,38)(H,34,37);;1H2/q-2;+2;/b10-8-,11-7-,23-22-,25-12-;;. The zero-order chi connectivity index (χ0) is 29.7. The first kappa shape index (κ1) is 38.3. The third-order valence-corrected chi connectivity index (χ3v) is 6.30. The van der Waals surface area contributed by atoms with Crippen LogP contribution >= 0.6 is 0 Å². The summed E-state index contributed by atoms with van der Waals surface area (Å²) in [5.74, 6) is -0.480. The smallest absolute Gasteiger partial charge is 0.536 e. The molecule has 1 unspecified atom stereocenters. The molecule has 12 heteroatoms. The Hall–Kier alpha value is -3.70. The number of aromatic amines is 1. The SMILES string of the molecule is O.[CH2-]C(=O)/C=C\C=C(/N)[C-]1NCCN(CCNC(=O)c2cccc(=O)[nH]2)C(=O)C(C(C)C)CC(/C=C\CC)=C(/C)O1.[Fe+2]. The van der Waals surface area contributed by atoms with Gasteiger partial charge >= 0.3 is 17.1 Å². The number of nitrogens with two attached hydrogens (primary N) is 1. The van der Waals surface area contributed by atoms with Crippen molar-refractivity contribution < 1.29 is 41.7 Å². The summed E-state index contributed by atoms with van der Waals surface area (Å²) in [7, 11) is 0. The number of pyridine rings is 1. The third kappa shape index (κ3) is 12.4. The Morgan fingerprint density at radius 2 is 2.02 bits per heavy atom. The van der Waals surface area contributed by atoms with E-state index in [-0.39, 0.29) is 76.1 Å². The predicted octanol–water partition coefficient (Wildman–Crippen LogP) is 1.92. The van der Waals surface area contributed by atoms with Crippen LogP contribution in [-0.4, -0.2) is 59.1 Å². The first-order valence-corrected chi connectivity index (χ1v) is 13.4. The van der Waals surface area contributed by atoms with Crippen molar-refractivity contribution in [2.24, 2.45) is 17.6 Å². The van der Waals surface area contributed by atoms with E-state index in [0.717, 1.165) is 12.0 Å². The molecule has 0 aliphatic carbocycles. The van der Waals surface area contributed by atoms with Crippen LogP contribution in [0.1, 0.15) is 51.0 Å². The van der Waals surface area contributed by atoms with Crippen molar-refractivity contribution in [2.75, 3.05) is 26.2 Å². The Kier molecular flexibility index (Phi) is 17.7. The van der Waals surface area contributed by atoms with Gasteiger partial charge in [0, 0.05) is 50.2 Å². The molecule has 0 bridgehead atoms. The number of allylic oxidation sites excluding steroid dienone is 7. The molecule has 1 aromatic rings. The maximum absolute atomic E-state index is 13.8. The van der Waals surface area contributed by atoms with Crippen LogP contribution < -0.4 is 21.9 Å². The van der Waals surface area contributed by atoms with E-state index in [2.05, 4.69) is 22.5 Å². The molecular weight excluding hydrogens is 582 g/mol. The molecule has 2 heterocycles. The summed E-state index contributed by atoms with van der Waals surface area (Å²) in [6.07, 6.45) is 9.90. The number of nitrogens with zero attached hydrogens (tertiary/aromatic N) is 1. The van der Waals surface area contributed by atoms with Gasteiger partial charge in [-0.05, 0) is 37.3 Å². The van der Waals surface area contributed by atoms with E-state index < -0.39 is 5.91 Å². The largest absolute Gasteiger partial charge is 2.00 e. The molecule has 232 valence electrons. The number of hydrogen-bond acceptors (Lipinski definition) is 7. The minimum atomic E-state index is -0.428. The Morgan fingerprint density at radius 3 is 2.64 bits per heavy atom. The van der Waals surface area contributed by atoms with Gasteiger partial charge in [0.15, 0.2) is 0 Å². The topological polar surface area (TPSA) is 178 Å². The van der Waals surface area contributed by atoms with Gasteiger partial charge in [-0.25, -0.2) is 12.2 Å². The first-order chi connectivity index (χ1) is 19.0. The molecule has 0 spiro atoms. The summed E-state index contributed by atoms with van der Waals surface area (Å²) in [5, 5.41) is 5.95. The quantitative estimate of drug-likeness (QED) is 0.133. The normalized spacial score (nSPS) is 18.7. The summed E-state index contributed by atoms with van der Waals surface area (Å²) in [6, 6.07) is 4.36. The number of H-pyrrole nitrogens is 1. The number of aromatic nitrogens is 1. The zero-order valence-corrected chi connectivity index (χ0v) is 25.7. The number of ether oxygens (including phenoxy) is 1. The predicted molar refractivity (Wildman–Crippen MR) is 159 cm³/mol. The maximum atomic E-state index is 13.8. The van der Waals surface area contributed by atoms with Crippen LogP contribution in [0.25, 0.3) is 0 Å². The monoisotopic (exact) mass is 625 g/mol. The van der Waals surface area contributed by atoms with Gasteiger partial charge in [0.2, 0.25) is 11.5 Å². The van der Waals surface area contributed by atoms with Crippen molar-refractivity contribution in [1.82, 2.24) is 20.5 Å². The number of carbonyl (C=O) groups is 3. The summed E-state index contributed by atoms with van der Waals surface area (Å²) in [5.41, 5.74) is 7.20. The second kappa shape index (κ2) is 19.4. The number of hydrogen-bond donors (Lipinski definition) is 4. The minimum absolute atomic E-state index is 0. The van der Waals surface area contributed by atoms with Crippen molar-refractivity contribution >= 4 is 17.6 Å². The zero-order valence-electron chi connectivity index (χ0n) is 24.6. The number of ketones is 1. The molecule has 11 nitrogen and oxygen atoms in total. The molecule has 0 aromatic carbocycles. The van der Waals surface area contributed by atoms with E-state index in [1.165, 1.54) is 30.4 Å². The fourth-order valence-electron chi connectivity index (χ4n) is 4.04. The molecule has 0 radical (unpaired) electrons. The Morgan fingerprint density at radius 1 is 1.31 bits per heavy atom. The van der Waals surface area contributed by atoms with Gasteiger partial charge in [-0.2, -0.15) is 13.0 Å². The van der Waals surface area contributed by atoms with E-state index in [4.69, 9.17) is 10.5 Å². The second-order valence-corrected chi connectivity index (χ2v) is 9.76. The van der Waals surface area contributed by atoms with Gasteiger partial charge in [-0.15, -0.1) is 0 Å². The van der Waals surface area contributed by atoms with Crippen LogP contribution in [0.5, 0.6) is 0 Å². The van der Waals surface area contributed by atoms with Gasteiger partial charge in [-0.3, -0.25) is 14.4 Å². The molecular formula is C30H43FeN5O6. The van der Waals surface area contributed by atoms with Crippen molar-refractivity contribution in [3.8, 4) is 0 Å². The number of nitrogens with one attached hydrogen (secondary N) is 3. The Labute approximate surface area is 258 Å². The fourth-order valence-corrected chi connectivity index (χ4v) is 4.04. The van der Waals surface area contributed by atoms with E-state index in [0.29, 0.717) is 31.5 Å². The van der Waals surface area contributed by atoms with Gasteiger partial charge in [0.1, 0.15) is 5.69 Å². The Balaban J connectivity index is 0.00000840. The maximum Gasteiger partial charge on any atom is 2.00 e. The molecule has 0 saturated heterocycles. The van der Waals surface area contributed by atoms with Crippen molar-refractivity contribution in [1.29, 1.82) is 0 Å². The molecule has 7 N–H and O–H groups in total. The summed E-state index contributed by atoms with van der Waals surface area (Å²) >= 11 is 0. The fraction of sp³-hybridized carbons (Fsp3) is 0.400. The molecule has 42 heavy (non-hydrogen) atoms. The van der Waals surface area contributed by atoms with Gasteiger partial charge in [-0.1, -0.05) is 44.7 Å². The summed E-state index contributed by atoms with van der Waals surface area (Å²) in [6.45, 7) is 12.3. The average molecular weight is 626 g/mol. The van der Waals surface area contributed by atoms with E-state index in [9.17, 15) is 19.2 Å². The molecule has 2 amide bonds. The van der Waals surface area contributed by atoms with Crippen molar-refractivity contribution in [3.63, 3.8) is 0 Å². The first-order valence-electron chi connectivity index (χ1n) is 13.4. The number of carbonyl (C=O) groups excluding carboxylic acids is 3. The van der Waals surface area contributed by atoms with Crippen molar-refractivity contribution in [3.05, 3.63) is 94.8 Å². The molecule has 1 aromatic heterocycles. The Bertz CT molecular complexity index is 1220. The summed E-state index contributed by atoms with van der Waals surface area (Å²) < 4.78 is 6.17. The third-order valence-electron chi connectivity index (χ3n) is 6.30. The van der Waals surface area contributed by atoms with Crippen molar-refractivity contribution in [2.45, 2.75) is 40.5 Å². The molecule has 1 aliphatic heterocycles. The van der Waals surface area contributed by atoms with Crippen LogP contribution in [0.4, 0.5) is 0 Å². The van der Waals surface area contributed by atoms with E-state index >= 15 is 0 Å².